The highest BCUT2D eigenvalue weighted by Gasteiger charge is 2.35. The molecule has 1 N–H and O–H groups in total. The average molecular weight is 450 g/mol. The van der Waals surface area contributed by atoms with Gasteiger partial charge < -0.3 is 9.47 Å². The van der Waals surface area contributed by atoms with Crippen molar-refractivity contribution >= 4 is 30.0 Å². The molecular formula is C19H14ClF2N5O2S. The predicted molar refractivity (Wildman–Crippen MR) is 109 cm³/mol. The largest absolute Gasteiger partial charge is 0.496 e. The fourth-order valence-corrected chi connectivity index (χ4v) is 2.79. The Morgan fingerprint density at radius 1 is 1.33 bits per heavy atom. The van der Waals surface area contributed by atoms with Crippen molar-refractivity contribution in [2.24, 2.45) is 5.10 Å². The molecule has 0 atom stereocenters. The average Bonchev–Trinajstić information content (AvgIpc) is 3.12. The number of nitrogens with one attached hydrogen (secondary N) is 1. The van der Waals surface area contributed by atoms with Gasteiger partial charge in [0.05, 0.1) is 25.0 Å². The first-order chi connectivity index (χ1) is 14.3. The summed E-state index contributed by atoms with van der Waals surface area (Å²) in [6.07, 6.45) is 1.34. The molecule has 3 aromatic rings. The van der Waals surface area contributed by atoms with Gasteiger partial charge in [-0.1, -0.05) is 0 Å². The van der Waals surface area contributed by atoms with Crippen LogP contribution in [0.1, 0.15) is 22.5 Å². The Kier molecular flexibility index (Phi) is 6.44. The molecule has 0 fully saturated rings. The van der Waals surface area contributed by atoms with E-state index in [2.05, 4.69) is 15.3 Å². The van der Waals surface area contributed by atoms with E-state index in [1.165, 1.54) is 13.3 Å². The maximum absolute atomic E-state index is 13.4. The molecular weight excluding hydrogens is 436 g/mol. The second kappa shape index (κ2) is 9.02. The van der Waals surface area contributed by atoms with E-state index >= 15 is 0 Å². The third-order valence-electron chi connectivity index (χ3n) is 3.91. The zero-order valence-corrected chi connectivity index (χ0v) is 17.0. The highest BCUT2D eigenvalue weighted by Crippen LogP contribution is 2.30. The Labute approximate surface area is 180 Å². The van der Waals surface area contributed by atoms with Gasteiger partial charge in [-0.25, -0.2) is 5.10 Å². The number of alkyl halides is 3. The highest BCUT2D eigenvalue weighted by molar-refractivity contribution is 7.71. The lowest BCUT2D eigenvalue weighted by Crippen LogP contribution is -2.11. The van der Waals surface area contributed by atoms with Gasteiger partial charge in [-0.2, -0.15) is 23.8 Å². The van der Waals surface area contributed by atoms with E-state index in [4.69, 9.17) is 38.6 Å². The van der Waals surface area contributed by atoms with Crippen LogP contribution >= 0.6 is 23.8 Å². The van der Waals surface area contributed by atoms with Gasteiger partial charge in [0, 0.05) is 5.56 Å². The fraction of sp³-hybridized carbons (Fsp3) is 0.158. The second-order valence-corrected chi connectivity index (χ2v) is 6.76. The molecule has 0 saturated heterocycles. The van der Waals surface area contributed by atoms with Crippen molar-refractivity contribution in [1.29, 1.82) is 5.26 Å². The minimum Gasteiger partial charge on any atom is -0.496 e. The third kappa shape index (κ3) is 5.00. The first kappa shape index (κ1) is 21.4. The molecule has 154 valence electrons. The summed E-state index contributed by atoms with van der Waals surface area (Å²) in [5, 5.41) is 14.7. The Morgan fingerprint density at radius 3 is 2.70 bits per heavy atom. The quantitative estimate of drug-likeness (QED) is 0.324. The number of nitrogens with zero attached hydrogens (tertiary/aromatic N) is 4. The molecule has 3 rings (SSSR count). The minimum absolute atomic E-state index is 0.126. The molecule has 0 aliphatic rings. The number of nitriles is 1. The van der Waals surface area contributed by atoms with Crippen LogP contribution in [0.4, 0.5) is 8.78 Å². The smallest absolute Gasteiger partial charge is 0.383 e. The number of aromatic amines is 1. The normalized spacial score (nSPS) is 11.4. The number of halogens is 3. The Morgan fingerprint density at radius 2 is 2.07 bits per heavy atom. The summed E-state index contributed by atoms with van der Waals surface area (Å²) < 4.78 is 38.5. The molecule has 1 aromatic heterocycles. The number of ether oxygens (including phenoxy) is 2. The Hall–Kier alpha value is -3.29. The molecule has 11 heteroatoms. The Bertz CT molecular complexity index is 1160. The van der Waals surface area contributed by atoms with Crippen LogP contribution in [0.25, 0.3) is 0 Å². The van der Waals surface area contributed by atoms with Crippen molar-refractivity contribution in [3.05, 3.63) is 69.8 Å². The first-order valence-electron chi connectivity index (χ1n) is 8.40. The molecule has 1 heterocycles. The van der Waals surface area contributed by atoms with Crippen LogP contribution in [-0.2, 0) is 12.0 Å². The lowest BCUT2D eigenvalue weighted by molar-refractivity contribution is 0.0805. The van der Waals surface area contributed by atoms with E-state index in [1.807, 2.05) is 6.07 Å². The molecule has 0 aliphatic heterocycles. The van der Waals surface area contributed by atoms with Crippen molar-refractivity contribution in [2.45, 2.75) is 12.0 Å². The van der Waals surface area contributed by atoms with Crippen LogP contribution in [0.3, 0.4) is 0 Å². The van der Waals surface area contributed by atoms with E-state index in [0.717, 1.165) is 4.68 Å². The number of methoxy groups -OCH3 is 1. The van der Waals surface area contributed by atoms with Gasteiger partial charge in [-0.15, -0.1) is 5.10 Å². The van der Waals surface area contributed by atoms with Gasteiger partial charge >= 0.3 is 5.38 Å². The van der Waals surface area contributed by atoms with Crippen LogP contribution in [0.15, 0.2) is 47.6 Å². The number of hydrogen-bond donors (Lipinski definition) is 1. The zero-order chi connectivity index (χ0) is 21.7. The molecule has 0 bridgehead atoms. The van der Waals surface area contributed by atoms with E-state index in [0.29, 0.717) is 28.2 Å². The SMILES string of the molecule is COc1ccc(C=Nn2c(C(F)(F)Cl)n[nH]c2=S)cc1COc1ccc(C#N)cc1. The van der Waals surface area contributed by atoms with Crippen molar-refractivity contribution in [1.82, 2.24) is 14.9 Å². The van der Waals surface area contributed by atoms with E-state index in [1.54, 1.807) is 42.5 Å². The number of benzene rings is 2. The summed E-state index contributed by atoms with van der Waals surface area (Å²) >= 11 is 9.95. The lowest BCUT2D eigenvalue weighted by atomic mass is 10.1. The van der Waals surface area contributed by atoms with Crippen LogP contribution in [0, 0.1) is 16.1 Å². The molecule has 0 unspecified atom stereocenters. The summed E-state index contributed by atoms with van der Waals surface area (Å²) in [4.78, 5) is 0. The summed E-state index contributed by atoms with van der Waals surface area (Å²) in [5.74, 6) is 0.339. The molecule has 0 spiro atoms. The van der Waals surface area contributed by atoms with Gasteiger partial charge in [0.2, 0.25) is 10.6 Å². The van der Waals surface area contributed by atoms with E-state index in [9.17, 15) is 8.78 Å². The van der Waals surface area contributed by atoms with Crippen molar-refractivity contribution < 1.29 is 18.3 Å². The van der Waals surface area contributed by atoms with Crippen LogP contribution in [-0.4, -0.2) is 28.2 Å². The molecule has 0 amide bonds. The number of hydrogen-bond acceptors (Lipinski definition) is 6. The topological polar surface area (TPSA) is 88.2 Å². The molecule has 0 saturated carbocycles. The predicted octanol–water partition coefficient (Wildman–Crippen LogP) is 4.57. The van der Waals surface area contributed by atoms with Gasteiger partial charge in [-0.3, -0.25) is 0 Å². The Balaban J connectivity index is 1.82. The highest BCUT2D eigenvalue weighted by atomic mass is 35.5. The van der Waals surface area contributed by atoms with Gasteiger partial charge in [-0.05, 0) is 71.8 Å². The maximum Gasteiger partial charge on any atom is 0.383 e. The van der Waals surface area contributed by atoms with Crippen molar-refractivity contribution in [3.8, 4) is 17.6 Å². The van der Waals surface area contributed by atoms with Gasteiger partial charge in [0.25, 0.3) is 0 Å². The lowest BCUT2D eigenvalue weighted by Gasteiger charge is -2.11. The van der Waals surface area contributed by atoms with Crippen molar-refractivity contribution in [2.75, 3.05) is 7.11 Å². The minimum atomic E-state index is -3.73. The standard InChI is InChI=1S/C19H14ClF2N5O2S/c1-28-16-7-4-13(10-24-27-17(19(20,21)22)25-26-18(27)30)8-14(16)11-29-15-5-2-12(9-23)3-6-15/h2-8,10H,11H2,1H3,(H,26,30). The number of H-pyrrole nitrogens is 1. The zero-order valence-electron chi connectivity index (χ0n) is 15.5. The first-order valence-corrected chi connectivity index (χ1v) is 9.19. The molecule has 30 heavy (non-hydrogen) atoms. The van der Waals surface area contributed by atoms with Gasteiger partial charge in [0.15, 0.2) is 0 Å². The summed E-state index contributed by atoms with van der Waals surface area (Å²) in [6.45, 7) is 0.174. The van der Waals surface area contributed by atoms with E-state index < -0.39 is 11.2 Å². The molecule has 7 nitrogen and oxygen atoms in total. The monoisotopic (exact) mass is 449 g/mol. The van der Waals surface area contributed by atoms with Gasteiger partial charge in [0.1, 0.15) is 18.1 Å². The second-order valence-electron chi connectivity index (χ2n) is 5.90. The van der Waals surface area contributed by atoms with Crippen LogP contribution in [0.2, 0.25) is 0 Å². The summed E-state index contributed by atoms with van der Waals surface area (Å²) in [5.41, 5.74) is 1.81. The molecule has 0 aliphatic carbocycles. The number of aromatic nitrogens is 3. The fourth-order valence-electron chi connectivity index (χ4n) is 2.49. The van der Waals surface area contributed by atoms with Crippen LogP contribution < -0.4 is 9.47 Å². The third-order valence-corrected chi connectivity index (χ3v) is 4.34. The van der Waals surface area contributed by atoms with Crippen molar-refractivity contribution in [3.63, 3.8) is 0 Å². The maximum atomic E-state index is 13.4. The van der Waals surface area contributed by atoms with Crippen LogP contribution in [0.5, 0.6) is 11.5 Å². The molecule has 2 aromatic carbocycles. The molecule has 0 radical (unpaired) electrons. The summed E-state index contributed by atoms with van der Waals surface area (Å²) in [6, 6.07) is 13.8. The summed E-state index contributed by atoms with van der Waals surface area (Å²) in [7, 11) is 1.52. The number of rotatable bonds is 7. The van der Waals surface area contributed by atoms with E-state index in [-0.39, 0.29) is 11.4 Å².